The molecule has 2 aromatic carbocycles. The van der Waals surface area contributed by atoms with E-state index in [-0.39, 0.29) is 48.6 Å². The van der Waals surface area contributed by atoms with Gasteiger partial charge < -0.3 is 28.8 Å². The first-order valence-corrected chi connectivity index (χ1v) is 10.9. The first kappa shape index (κ1) is 20.6. The molecule has 1 saturated heterocycles. The standard InChI is InChI=1S/C24H23N3O7/c1-11-8-25-26-27(11)22-14-7-17-16(33-10-34-17)6-13(14)20(21-15(22)9-32-24(21)29)12-4-18(30-2)23(28)19(5-12)31-3/h4-8,15,20-22,28H,9-10H2,1-3H3/t15-,20+,21-,22+/m0/s1. The summed E-state index contributed by atoms with van der Waals surface area (Å²) in [5, 5.41) is 18.9. The summed E-state index contributed by atoms with van der Waals surface area (Å²) in [6, 6.07) is 7.08. The van der Waals surface area contributed by atoms with Gasteiger partial charge in [-0.3, -0.25) is 4.79 Å². The molecule has 0 unspecified atom stereocenters. The molecule has 10 nitrogen and oxygen atoms in total. The van der Waals surface area contributed by atoms with Gasteiger partial charge in [-0.25, -0.2) is 4.68 Å². The van der Waals surface area contributed by atoms with Crippen LogP contribution in [0.3, 0.4) is 0 Å². The van der Waals surface area contributed by atoms with Crippen LogP contribution in [0.1, 0.15) is 34.3 Å². The summed E-state index contributed by atoms with van der Waals surface area (Å²) < 4.78 is 29.6. The van der Waals surface area contributed by atoms with Gasteiger partial charge in [0.05, 0.1) is 44.7 Å². The molecule has 34 heavy (non-hydrogen) atoms. The highest BCUT2D eigenvalue weighted by Crippen LogP contribution is 2.56. The molecular weight excluding hydrogens is 442 g/mol. The van der Waals surface area contributed by atoms with Crippen LogP contribution in [-0.2, 0) is 9.53 Å². The van der Waals surface area contributed by atoms with Gasteiger partial charge in [0.2, 0.25) is 12.5 Å². The third-order valence-electron chi connectivity index (χ3n) is 7.03. The Kier molecular flexibility index (Phi) is 4.58. The Bertz CT molecular complexity index is 1280. The number of cyclic esters (lactones) is 1. The lowest BCUT2D eigenvalue weighted by Crippen LogP contribution is -2.38. The molecule has 6 rings (SSSR count). The molecule has 0 radical (unpaired) electrons. The van der Waals surface area contributed by atoms with Crippen molar-refractivity contribution in [3.05, 3.63) is 52.8 Å². The highest BCUT2D eigenvalue weighted by molar-refractivity contribution is 5.79. The fraction of sp³-hybridized carbons (Fsp3) is 0.375. The van der Waals surface area contributed by atoms with Crippen molar-refractivity contribution in [2.75, 3.05) is 27.6 Å². The van der Waals surface area contributed by atoms with Crippen molar-refractivity contribution in [3.8, 4) is 28.7 Å². The molecule has 1 aromatic heterocycles. The fourth-order valence-electron chi connectivity index (χ4n) is 5.51. The van der Waals surface area contributed by atoms with E-state index < -0.39 is 11.8 Å². The van der Waals surface area contributed by atoms with Gasteiger partial charge in [-0.2, -0.15) is 0 Å². The number of hydrogen-bond acceptors (Lipinski definition) is 9. The minimum Gasteiger partial charge on any atom is -0.502 e. The molecule has 0 amide bonds. The number of fused-ring (bicyclic) bond motifs is 3. The van der Waals surface area contributed by atoms with Crippen molar-refractivity contribution in [2.45, 2.75) is 18.9 Å². The number of aromatic hydroxyl groups is 1. The summed E-state index contributed by atoms with van der Waals surface area (Å²) in [4.78, 5) is 13.2. The summed E-state index contributed by atoms with van der Waals surface area (Å²) in [5.74, 6) is 0.293. The van der Waals surface area contributed by atoms with Crippen LogP contribution in [-0.4, -0.2) is 53.7 Å². The van der Waals surface area contributed by atoms with E-state index in [9.17, 15) is 9.90 Å². The van der Waals surface area contributed by atoms with E-state index >= 15 is 0 Å². The molecule has 1 N–H and O–H groups in total. The Balaban J connectivity index is 1.63. The van der Waals surface area contributed by atoms with E-state index in [1.165, 1.54) is 14.2 Å². The number of carbonyl (C=O) groups is 1. The number of methoxy groups -OCH3 is 2. The maximum absolute atomic E-state index is 13.2. The number of ether oxygens (including phenoxy) is 5. The molecular formula is C24H23N3O7. The van der Waals surface area contributed by atoms with Crippen LogP contribution in [0.15, 0.2) is 30.5 Å². The van der Waals surface area contributed by atoms with Gasteiger partial charge in [0.15, 0.2) is 23.0 Å². The summed E-state index contributed by atoms with van der Waals surface area (Å²) >= 11 is 0. The quantitative estimate of drug-likeness (QED) is 0.581. The maximum atomic E-state index is 13.2. The average molecular weight is 465 g/mol. The zero-order valence-corrected chi connectivity index (χ0v) is 18.8. The van der Waals surface area contributed by atoms with Gasteiger partial charge in [0, 0.05) is 11.8 Å². The van der Waals surface area contributed by atoms with Crippen LogP contribution in [0.5, 0.6) is 28.7 Å². The SMILES string of the molecule is COc1cc([C@@H]2c3cc4c(cc3[C@@H](n3nncc3C)[C@H]3COC(=O)[C@H]23)OCO4)cc(OC)c1O. The van der Waals surface area contributed by atoms with Crippen molar-refractivity contribution in [2.24, 2.45) is 11.8 Å². The van der Waals surface area contributed by atoms with Crippen LogP contribution < -0.4 is 18.9 Å². The fourth-order valence-corrected chi connectivity index (χ4v) is 5.51. The van der Waals surface area contributed by atoms with Gasteiger partial charge >= 0.3 is 5.97 Å². The number of carbonyl (C=O) groups excluding carboxylic acids is 1. The highest BCUT2D eigenvalue weighted by atomic mass is 16.7. The number of benzene rings is 2. The minimum absolute atomic E-state index is 0.0999. The largest absolute Gasteiger partial charge is 0.502 e. The van der Waals surface area contributed by atoms with Crippen LogP contribution in [0, 0.1) is 18.8 Å². The predicted molar refractivity (Wildman–Crippen MR) is 116 cm³/mol. The zero-order chi connectivity index (χ0) is 23.6. The Labute approximate surface area is 194 Å². The lowest BCUT2D eigenvalue weighted by Gasteiger charge is -2.39. The second kappa shape index (κ2) is 7.54. The summed E-state index contributed by atoms with van der Waals surface area (Å²) in [6.45, 7) is 2.32. The van der Waals surface area contributed by atoms with Crippen molar-refractivity contribution >= 4 is 5.97 Å². The Hall–Kier alpha value is -3.95. The molecule has 0 saturated carbocycles. The summed E-state index contributed by atoms with van der Waals surface area (Å²) in [6.07, 6.45) is 1.70. The molecule has 1 aliphatic carbocycles. The number of rotatable bonds is 4. The van der Waals surface area contributed by atoms with E-state index in [0.29, 0.717) is 11.5 Å². The van der Waals surface area contributed by atoms with Crippen LogP contribution >= 0.6 is 0 Å². The number of aromatic nitrogens is 3. The molecule has 2 aliphatic heterocycles. The maximum Gasteiger partial charge on any atom is 0.310 e. The second-order valence-electron chi connectivity index (χ2n) is 8.67. The summed E-state index contributed by atoms with van der Waals surface area (Å²) in [7, 11) is 2.95. The number of hydrogen-bond donors (Lipinski definition) is 1. The normalized spacial score (nSPS) is 24.4. The lowest BCUT2D eigenvalue weighted by atomic mass is 9.65. The zero-order valence-electron chi connectivity index (χ0n) is 18.8. The topological polar surface area (TPSA) is 114 Å². The van der Waals surface area contributed by atoms with Gasteiger partial charge in [-0.15, -0.1) is 5.10 Å². The molecule has 4 atom stereocenters. The highest BCUT2D eigenvalue weighted by Gasteiger charge is 2.53. The molecule has 176 valence electrons. The predicted octanol–water partition coefficient (Wildman–Crippen LogP) is 2.56. The monoisotopic (exact) mass is 465 g/mol. The van der Waals surface area contributed by atoms with E-state index in [0.717, 1.165) is 22.4 Å². The van der Waals surface area contributed by atoms with Crippen LogP contribution in [0.2, 0.25) is 0 Å². The number of phenols is 1. The van der Waals surface area contributed by atoms with E-state index in [4.69, 9.17) is 23.7 Å². The number of nitrogens with zero attached hydrogens (tertiary/aromatic N) is 3. The van der Waals surface area contributed by atoms with Gasteiger partial charge in [-0.1, -0.05) is 5.21 Å². The van der Waals surface area contributed by atoms with Gasteiger partial charge in [-0.05, 0) is 47.9 Å². The number of phenolic OH excluding ortho intramolecular Hbond substituents is 1. The Morgan fingerprint density at radius 3 is 2.32 bits per heavy atom. The van der Waals surface area contributed by atoms with Gasteiger partial charge in [0.25, 0.3) is 0 Å². The first-order valence-electron chi connectivity index (χ1n) is 10.9. The molecule has 3 heterocycles. The molecule has 0 bridgehead atoms. The van der Waals surface area contributed by atoms with E-state index in [1.807, 2.05) is 23.7 Å². The average Bonchev–Trinajstić information content (AvgIpc) is 3.57. The Morgan fingerprint density at radius 1 is 1.03 bits per heavy atom. The van der Waals surface area contributed by atoms with Crippen molar-refractivity contribution in [1.82, 2.24) is 15.0 Å². The van der Waals surface area contributed by atoms with Crippen molar-refractivity contribution in [1.29, 1.82) is 0 Å². The van der Waals surface area contributed by atoms with Crippen molar-refractivity contribution < 1.29 is 33.6 Å². The smallest absolute Gasteiger partial charge is 0.310 e. The molecule has 3 aliphatic rings. The molecule has 0 spiro atoms. The molecule has 10 heteroatoms. The minimum atomic E-state index is -0.500. The van der Waals surface area contributed by atoms with E-state index in [1.54, 1.807) is 18.3 Å². The molecule has 1 fully saturated rings. The Morgan fingerprint density at radius 2 is 1.71 bits per heavy atom. The number of esters is 1. The number of aryl methyl sites for hydroxylation is 1. The van der Waals surface area contributed by atoms with Crippen LogP contribution in [0.25, 0.3) is 0 Å². The van der Waals surface area contributed by atoms with Gasteiger partial charge in [0.1, 0.15) is 0 Å². The van der Waals surface area contributed by atoms with E-state index in [2.05, 4.69) is 10.3 Å². The summed E-state index contributed by atoms with van der Waals surface area (Å²) in [5.41, 5.74) is 3.47. The third kappa shape index (κ3) is 2.84. The molecule has 3 aromatic rings. The second-order valence-corrected chi connectivity index (χ2v) is 8.67. The van der Waals surface area contributed by atoms with Crippen LogP contribution in [0.4, 0.5) is 0 Å². The first-order chi connectivity index (χ1) is 16.5. The van der Waals surface area contributed by atoms with Crippen molar-refractivity contribution in [3.63, 3.8) is 0 Å². The third-order valence-corrected chi connectivity index (χ3v) is 7.03. The lowest BCUT2D eigenvalue weighted by molar-refractivity contribution is -0.141.